The lowest BCUT2D eigenvalue weighted by molar-refractivity contribution is 0.390. The molecule has 0 spiro atoms. The lowest BCUT2D eigenvalue weighted by Crippen LogP contribution is -1.98. The summed E-state index contributed by atoms with van der Waals surface area (Å²) in [7, 11) is 3.31. The molecule has 0 aromatic heterocycles. The van der Waals surface area contributed by atoms with Crippen LogP contribution in [0.25, 0.3) is 0 Å². The highest BCUT2D eigenvalue weighted by molar-refractivity contribution is 6.21. The molecule has 1 aliphatic carbocycles. The Hall–Kier alpha value is -0.890. The van der Waals surface area contributed by atoms with Gasteiger partial charge in [-0.15, -0.1) is 11.6 Å². The van der Waals surface area contributed by atoms with Crippen LogP contribution >= 0.6 is 11.6 Å². The number of ether oxygens (including phenoxy) is 2. The van der Waals surface area contributed by atoms with Gasteiger partial charge in [0.2, 0.25) is 0 Å². The predicted molar refractivity (Wildman–Crippen MR) is 60.9 cm³/mol. The van der Waals surface area contributed by atoms with Gasteiger partial charge in [-0.1, -0.05) is 6.07 Å². The van der Waals surface area contributed by atoms with Crippen LogP contribution in [-0.4, -0.2) is 14.2 Å². The Morgan fingerprint density at radius 3 is 2.53 bits per heavy atom. The van der Waals surface area contributed by atoms with Crippen molar-refractivity contribution in [3.8, 4) is 11.5 Å². The molecule has 1 aromatic carbocycles. The molecule has 1 fully saturated rings. The van der Waals surface area contributed by atoms with Gasteiger partial charge in [0.15, 0.2) is 0 Å². The minimum absolute atomic E-state index is 0.0749. The number of methoxy groups -OCH3 is 2. The van der Waals surface area contributed by atoms with Gasteiger partial charge in [0.25, 0.3) is 0 Å². The van der Waals surface area contributed by atoms with Crippen LogP contribution in [0.15, 0.2) is 18.2 Å². The first-order valence-corrected chi connectivity index (χ1v) is 5.56. The quantitative estimate of drug-likeness (QED) is 0.733. The van der Waals surface area contributed by atoms with Gasteiger partial charge in [-0.3, -0.25) is 0 Å². The van der Waals surface area contributed by atoms with E-state index in [2.05, 4.69) is 0 Å². The SMILES string of the molecule is COc1ccc(C(Cl)C2CC2)c(OC)c1. The topological polar surface area (TPSA) is 18.5 Å². The van der Waals surface area contributed by atoms with E-state index in [4.69, 9.17) is 21.1 Å². The van der Waals surface area contributed by atoms with Crippen molar-refractivity contribution >= 4 is 11.6 Å². The molecular formula is C12H15ClO2. The highest BCUT2D eigenvalue weighted by Gasteiger charge is 2.32. The molecule has 1 aromatic rings. The molecule has 0 heterocycles. The first-order chi connectivity index (χ1) is 7.26. The molecule has 0 bridgehead atoms. The van der Waals surface area contributed by atoms with Gasteiger partial charge in [0.1, 0.15) is 11.5 Å². The zero-order valence-electron chi connectivity index (χ0n) is 9.00. The fourth-order valence-corrected chi connectivity index (χ4v) is 2.12. The zero-order chi connectivity index (χ0) is 10.8. The van der Waals surface area contributed by atoms with Crippen molar-refractivity contribution in [2.45, 2.75) is 18.2 Å². The first kappa shape index (κ1) is 10.6. The lowest BCUT2D eigenvalue weighted by Gasteiger charge is -2.14. The summed E-state index contributed by atoms with van der Waals surface area (Å²) in [6.07, 6.45) is 2.45. The maximum absolute atomic E-state index is 6.36. The number of halogens is 1. The molecule has 0 N–H and O–H groups in total. The van der Waals surface area contributed by atoms with Gasteiger partial charge in [-0.05, 0) is 24.8 Å². The lowest BCUT2D eigenvalue weighted by atomic mass is 10.1. The average Bonchev–Trinajstić information content (AvgIpc) is 3.11. The third kappa shape index (κ3) is 2.20. The van der Waals surface area contributed by atoms with Crippen molar-refractivity contribution in [3.63, 3.8) is 0 Å². The molecule has 15 heavy (non-hydrogen) atoms. The first-order valence-electron chi connectivity index (χ1n) is 5.12. The van der Waals surface area contributed by atoms with Crippen LogP contribution in [0.4, 0.5) is 0 Å². The smallest absolute Gasteiger partial charge is 0.127 e. The molecule has 2 rings (SSSR count). The van der Waals surface area contributed by atoms with Crippen LogP contribution in [0, 0.1) is 5.92 Å². The van der Waals surface area contributed by atoms with E-state index in [1.807, 2.05) is 18.2 Å². The van der Waals surface area contributed by atoms with E-state index in [1.54, 1.807) is 14.2 Å². The Kier molecular flexibility index (Phi) is 3.06. The highest BCUT2D eigenvalue weighted by Crippen LogP contribution is 2.47. The summed E-state index contributed by atoms with van der Waals surface area (Å²) >= 11 is 6.36. The Labute approximate surface area is 95.1 Å². The second-order valence-electron chi connectivity index (χ2n) is 3.85. The third-order valence-electron chi connectivity index (χ3n) is 2.77. The van der Waals surface area contributed by atoms with Crippen LogP contribution in [0.2, 0.25) is 0 Å². The molecule has 2 nitrogen and oxygen atoms in total. The van der Waals surface area contributed by atoms with Crippen molar-refractivity contribution < 1.29 is 9.47 Å². The standard InChI is InChI=1S/C12H15ClO2/c1-14-9-5-6-10(11(7-9)15-2)12(13)8-3-4-8/h5-8,12H,3-4H2,1-2H3. The van der Waals surface area contributed by atoms with Gasteiger partial charge in [0.05, 0.1) is 19.6 Å². The Bertz CT molecular complexity index is 347. The van der Waals surface area contributed by atoms with Crippen molar-refractivity contribution in [1.82, 2.24) is 0 Å². The summed E-state index contributed by atoms with van der Waals surface area (Å²) < 4.78 is 10.5. The van der Waals surface area contributed by atoms with Crippen LogP contribution in [0.1, 0.15) is 23.8 Å². The molecule has 0 saturated heterocycles. The fraction of sp³-hybridized carbons (Fsp3) is 0.500. The van der Waals surface area contributed by atoms with Gasteiger partial charge >= 0.3 is 0 Å². The second kappa shape index (κ2) is 4.31. The molecule has 1 aliphatic rings. The molecule has 0 radical (unpaired) electrons. The van der Waals surface area contributed by atoms with E-state index in [9.17, 15) is 0 Å². The maximum atomic E-state index is 6.36. The molecule has 1 unspecified atom stereocenters. The minimum atomic E-state index is 0.0749. The van der Waals surface area contributed by atoms with Crippen molar-refractivity contribution in [1.29, 1.82) is 0 Å². The monoisotopic (exact) mass is 226 g/mol. The molecular weight excluding hydrogens is 212 g/mol. The molecule has 0 aliphatic heterocycles. The van der Waals surface area contributed by atoms with Crippen LogP contribution in [-0.2, 0) is 0 Å². The van der Waals surface area contributed by atoms with E-state index >= 15 is 0 Å². The molecule has 1 atom stereocenters. The van der Waals surface area contributed by atoms with Crippen molar-refractivity contribution in [2.24, 2.45) is 5.92 Å². The summed E-state index contributed by atoms with van der Waals surface area (Å²) in [4.78, 5) is 0. The van der Waals surface area contributed by atoms with Crippen LogP contribution < -0.4 is 9.47 Å². The van der Waals surface area contributed by atoms with Gasteiger partial charge < -0.3 is 9.47 Å². The Morgan fingerprint density at radius 1 is 1.27 bits per heavy atom. The van der Waals surface area contributed by atoms with Gasteiger partial charge in [0, 0.05) is 11.6 Å². The van der Waals surface area contributed by atoms with Crippen molar-refractivity contribution in [3.05, 3.63) is 23.8 Å². The average molecular weight is 227 g/mol. The largest absolute Gasteiger partial charge is 0.497 e. The van der Waals surface area contributed by atoms with E-state index in [0.29, 0.717) is 5.92 Å². The molecule has 3 heteroatoms. The summed E-state index contributed by atoms with van der Waals surface area (Å²) in [5.74, 6) is 2.24. The van der Waals surface area contributed by atoms with Crippen molar-refractivity contribution in [2.75, 3.05) is 14.2 Å². The minimum Gasteiger partial charge on any atom is -0.497 e. The number of hydrogen-bond acceptors (Lipinski definition) is 2. The molecule has 0 amide bonds. The second-order valence-corrected chi connectivity index (χ2v) is 4.32. The van der Waals surface area contributed by atoms with Crippen LogP contribution in [0.5, 0.6) is 11.5 Å². The van der Waals surface area contributed by atoms with E-state index in [-0.39, 0.29) is 5.38 Å². The number of hydrogen-bond donors (Lipinski definition) is 0. The van der Waals surface area contributed by atoms with E-state index in [1.165, 1.54) is 12.8 Å². The normalized spacial score (nSPS) is 17.3. The fourth-order valence-electron chi connectivity index (χ4n) is 1.69. The third-order valence-corrected chi connectivity index (χ3v) is 3.37. The Morgan fingerprint density at radius 2 is 2.00 bits per heavy atom. The number of benzene rings is 1. The molecule has 1 saturated carbocycles. The van der Waals surface area contributed by atoms with E-state index < -0.39 is 0 Å². The Balaban J connectivity index is 2.28. The molecule has 82 valence electrons. The highest BCUT2D eigenvalue weighted by atomic mass is 35.5. The zero-order valence-corrected chi connectivity index (χ0v) is 9.75. The number of alkyl halides is 1. The summed E-state index contributed by atoms with van der Waals surface area (Å²) in [6, 6.07) is 5.80. The summed E-state index contributed by atoms with van der Waals surface area (Å²) in [6.45, 7) is 0. The van der Waals surface area contributed by atoms with E-state index in [0.717, 1.165) is 17.1 Å². The van der Waals surface area contributed by atoms with Gasteiger partial charge in [-0.2, -0.15) is 0 Å². The summed E-state index contributed by atoms with van der Waals surface area (Å²) in [5, 5.41) is 0.0749. The van der Waals surface area contributed by atoms with Gasteiger partial charge in [-0.25, -0.2) is 0 Å². The number of rotatable bonds is 4. The summed E-state index contributed by atoms with van der Waals surface area (Å²) in [5.41, 5.74) is 1.07. The maximum Gasteiger partial charge on any atom is 0.127 e. The predicted octanol–water partition coefficient (Wildman–Crippen LogP) is 3.39. The van der Waals surface area contributed by atoms with Crippen LogP contribution in [0.3, 0.4) is 0 Å².